The molecule has 0 aliphatic heterocycles. The summed E-state index contributed by atoms with van der Waals surface area (Å²) in [5, 5.41) is 0. The molecule has 0 saturated heterocycles. The van der Waals surface area contributed by atoms with E-state index in [1.807, 2.05) is 0 Å². The van der Waals surface area contributed by atoms with E-state index in [1.165, 1.54) is 12.8 Å². The molecule has 0 saturated carbocycles. The lowest BCUT2D eigenvalue weighted by Crippen LogP contribution is -2.39. The minimum absolute atomic E-state index is 1.12. The van der Waals surface area contributed by atoms with Crippen molar-refractivity contribution in [3.8, 4) is 0 Å². The van der Waals surface area contributed by atoms with Gasteiger partial charge < -0.3 is 8.85 Å². The van der Waals surface area contributed by atoms with Crippen molar-refractivity contribution in [2.45, 2.75) is 45.2 Å². The molecule has 0 aliphatic rings. The zero-order chi connectivity index (χ0) is 9.45. The van der Waals surface area contributed by atoms with Gasteiger partial charge in [-0.1, -0.05) is 33.1 Å². The van der Waals surface area contributed by atoms with Crippen molar-refractivity contribution in [2.75, 3.05) is 14.2 Å². The van der Waals surface area contributed by atoms with E-state index in [0.717, 1.165) is 18.5 Å². The first-order valence-electron chi connectivity index (χ1n) is 4.85. The van der Waals surface area contributed by atoms with Gasteiger partial charge in [-0.25, -0.2) is 0 Å². The summed E-state index contributed by atoms with van der Waals surface area (Å²) < 4.78 is 11.1. The third-order valence-electron chi connectivity index (χ3n) is 2.29. The van der Waals surface area contributed by atoms with E-state index in [4.69, 9.17) is 8.85 Å². The Hall–Kier alpha value is 0.137. The first-order valence-corrected chi connectivity index (χ1v) is 7.08. The summed E-state index contributed by atoms with van der Waals surface area (Å²) in [5.41, 5.74) is 0. The highest BCUT2D eigenvalue weighted by Crippen LogP contribution is 2.21. The van der Waals surface area contributed by atoms with Crippen LogP contribution >= 0.6 is 0 Å². The van der Waals surface area contributed by atoms with Crippen molar-refractivity contribution in [1.29, 1.82) is 0 Å². The fourth-order valence-electron chi connectivity index (χ4n) is 1.44. The summed E-state index contributed by atoms with van der Waals surface area (Å²) in [5.74, 6) is 0. The van der Waals surface area contributed by atoms with Gasteiger partial charge in [0.25, 0.3) is 0 Å². The van der Waals surface area contributed by atoms with Gasteiger partial charge in [0.1, 0.15) is 0 Å². The van der Waals surface area contributed by atoms with Crippen molar-refractivity contribution in [1.82, 2.24) is 0 Å². The van der Waals surface area contributed by atoms with E-state index in [0.29, 0.717) is 0 Å². The molecule has 0 amide bonds. The molecule has 0 atom stereocenters. The van der Waals surface area contributed by atoms with E-state index >= 15 is 0 Å². The summed E-state index contributed by atoms with van der Waals surface area (Å²) in [6.45, 7) is 4.39. The third kappa shape index (κ3) is 3.69. The number of hydrogen-bond acceptors (Lipinski definition) is 2. The van der Waals surface area contributed by atoms with Crippen molar-refractivity contribution >= 4 is 8.56 Å². The lowest BCUT2D eigenvalue weighted by atomic mass is 10.4. The molecule has 12 heavy (non-hydrogen) atoms. The van der Waals surface area contributed by atoms with E-state index in [9.17, 15) is 0 Å². The molecule has 0 aliphatic carbocycles. The lowest BCUT2D eigenvalue weighted by molar-refractivity contribution is 0.239. The molecule has 0 radical (unpaired) electrons. The van der Waals surface area contributed by atoms with Crippen molar-refractivity contribution in [3.05, 3.63) is 0 Å². The largest absolute Gasteiger partial charge is 0.398 e. The Morgan fingerprint density at radius 1 is 0.917 bits per heavy atom. The first-order chi connectivity index (χ1) is 5.74. The molecule has 0 rings (SSSR count). The van der Waals surface area contributed by atoms with Crippen LogP contribution in [-0.2, 0) is 8.85 Å². The molecular weight excluding hydrogens is 168 g/mol. The van der Waals surface area contributed by atoms with E-state index < -0.39 is 8.56 Å². The van der Waals surface area contributed by atoms with E-state index in [-0.39, 0.29) is 0 Å². The SMILES string of the molecule is CCCC[Si](CCC)(OC)OC. The van der Waals surface area contributed by atoms with E-state index in [2.05, 4.69) is 13.8 Å². The third-order valence-corrected chi connectivity index (χ3v) is 6.15. The molecule has 0 aromatic rings. The molecule has 0 spiro atoms. The fraction of sp³-hybridized carbons (Fsp3) is 1.00. The average Bonchev–Trinajstić information content (AvgIpc) is 2.13. The molecule has 0 fully saturated rings. The first kappa shape index (κ1) is 12.1. The van der Waals surface area contributed by atoms with Gasteiger partial charge in [0.2, 0.25) is 0 Å². The Kier molecular flexibility index (Phi) is 6.71. The predicted octanol–water partition coefficient (Wildman–Crippen LogP) is 2.93. The molecular formula is C9H22O2Si. The van der Waals surface area contributed by atoms with Gasteiger partial charge in [-0.15, -0.1) is 0 Å². The van der Waals surface area contributed by atoms with Crippen LogP contribution in [0.3, 0.4) is 0 Å². The summed E-state index contributed by atoms with van der Waals surface area (Å²) in [6, 6.07) is 2.27. The van der Waals surface area contributed by atoms with Crippen molar-refractivity contribution in [3.63, 3.8) is 0 Å². The van der Waals surface area contributed by atoms with Gasteiger partial charge in [-0.3, -0.25) is 0 Å². The number of unbranched alkanes of at least 4 members (excludes halogenated alkanes) is 1. The molecule has 0 heterocycles. The highest BCUT2D eigenvalue weighted by Gasteiger charge is 2.33. The molecule has 0 aromatic carbocycles. The molecule has 0 N–H and O–H groups in total. The maximum Gasteiger partial charge on any atom is 0.337 e. The van der Waals surface area contributed by atoms with Crippen LogP contribution in [0.4, 0.5) is 0 Å². The van der Waals surface area contributed by atoms with Crippen LogP contribution in [0.2, 0.25) is 12.1 Å². The second kappa shape index (κ2) is 6.63. The predicted molar refractivity (Wildman–Crippen MR) is 54.6 cm³/mol. The average molecular weight is 190 g/mol. The van der Waals surface area contributed by atoms with Crippen LogP contribution in [0.25, 0.3) is 0 Å². The van der Waals surface area contributed by atoms with Gasteiger partial charge in [0, 0.05) is 14.2 Å². The normalized spacial score (nSPS) is 12.0. The van der Waals surface area contributed by atoms with Crippen LogP contribution in [0, 0.1) is 0 Å². The Labute approximate surface area is 77.5 Å². The fourth-order valence-corrected chi connectivity index (χ4v) is 4.33. The molecule has 74 valence electrons. The van der Waals surface area contributed by atoms with Crippen molar-refractivity contribution in [2.24, 2.45) is 0 Å². The number of hydrogen-bond donors (Lipinski definition) is 0. The zero-order valence-corrected chi connectivity index (χ0v) is 9.85. The lowest BCUT2D eigenvalue weighted by Gasteiger charge is -2.26. The van der Waals surface area contributed by atoms with Crippen molar-refractivity contribution < 1.29 is 8.85 Å². The summed E-state index contributed by atoms with van der Waals surface area (Å²) in [4.78, 5) is 0. The topological polar surface area (TPSA) is 18.5 Å². The monoisotopic (exact) mass is 190 g/mol. The Balaban J connectivity index is 3.95. The van der Waals surface area contributed by atoms with E-state index in [1.54, 1.807) is 14.2 Å². The Morgan fingerprint density at radius 2 is 1.50 bits per heavy atom. The van der Waals surface area contributed by atoms with Gasteiger partial charge in [0.05, 0.1) is 0 Å². The van der Waals surface area contributed by atoms with Crippen LogP contribution in [0.1, 0.15) is 33.1 Å². The quantitative estimate of drug-likeness (QED) is 0.575. The van der Waals surface area contributed by atoms with Crippen LogP contribution in [0.15, 0.2) is 0 Å². The molecule has 3 heteroatoms. The summed E-state index contributed by atoms with van der Waals surface area (Å²) in [7, 11) is 1.82. The molecule has 0 aromatic heterocycles. The Morgan fingerprint density at radius 3 is 1.83 bits per heavy atom. The maximum atomic E-state index is 5.55. The Bertz CT molecular complexity index is 103. The van der Waals surface area contributed by atoms with Gasteiger partial charge in [-0.05, 0) is 12.1 Å². The molecule has 2 nitrogen and oxygen atoms in total. The smallest absolute Gasteiger partial charge is 0.337 e. The number of rotatable bonds is 7. The zero-order valence-electron chi connectivity index (χ0n) is 8.85. The highest BCUT2D eigenvalue weighted by atomic mass is 28.4. The van der Waals surface area contributed by atoms with Crippen LogP contribution in [0.5, 0.6) is 0 Å². The second-order valence-electron chi connectivity index (χ2n) is 3.17. The maximum absolute atomic E-state index is 5.55. The second-order valence-corrected chi connectivity index (χ2v) is 6.81. The van der Waals surface area contributed by atoms with Gasteiger partial charge >= 0.3 is 8.56 Å². The van der Waals surface area contributed by atoms with Gasteiger partial charge in [-0.2, -0.15) is 0 Å². The minimum atomic E-state index is -1.76. The highest BCUT2D eigenvalue weighted by molar-refractivity contribution is 6.67. The minimum Gasteiger partial charge on any atom is -0.398 e. The van der Waals surface area contributed by atoms with Gasteiger partial charge in [0.15, 0.2) is 0 Å². The van der Waals surface area contributed by atoms with Crippen LogP contribution in [-0.4, -0.2) is 22.8 Å². The summed E-state index contributed by atoms with van der Waals surface area (Å²) >= 11 is 0. The molecule has 0 bridgehead atoms. The summed E-state index contributed by atoms with van der Waals surface area (Å²) in [6.07, 6.45) is 3.62. The standard InChI is InChI=1S/C9H22O2Si/c1-5-7-9-12(10-3,11-4)8-6-2/h5-9H2,1-4H3. The van der Waals surface area contributed by atoms with Crippen LogP contribution < -0.4 is 0 Å². The molecule has 0 unspecified atom stereocenters.